The first-order valence-electron chi connectivity index (χ1n) is 6.31. The summed E-state index contributed by atoms with van der Waals surface area (Å²) in [6.07, 6.45) is -2.51. The zero-order valence-corrected chi connectivity index (χ0v) is 10.7. The fraction of sp³-hybridized carbons (Fsp3) is 0.727. The number of piperazine rings is 1. The van der Waals surface area contributed by atoms with Crippen molar-refractivity contribution >= 4 is 17.9 Å². The van der Waals surface area contributed by atoms with E-state index in [4.69, 9.17) is 5.11 Å². The molecule has 3 unspecified atom stereocenters. The lowest BCUT2D eigenvalue weighted by Gasteiger charge is -2.36. The molecule has 2 saturated heterocycles. The number of carboxylic acids is 1. The molecule has 2 fully saturated rings. The minimum absolute atomic E-state index is 0.0299. The molecule has 3 atom stereocenters. The van der Waals surface area contributed by atoms with Crippen LogP contribution in [0.5, 0.6) is 0 Å². The molecule has 0 bridgehead atoms. The van der Waals surface area contributed by atoms with Crippen molar-refractivity contribution in [2.75, 3.05) is 26.2 Å². The van der Waals surface area contributed by atoms with Crippen molar-refractivity contribution in [3.63, 3.8) is 0 Å². The van der Waals surface area contributed by atoms with Crippen molar-refractivity contribution in [2.45, 2.75) is 24.7 Å². The number of carboxylic acid groups (broad SMARTS) is 1. The second-order valence-corrected chi connectivity index (χ2v) is 4.92. The van der Waals surface area contributed by atoms with E-state index in [1.54, 1.807) is 0 Å². The summed E-state index contributed by atoms with van der Waals surface area (Å²) in [7, 11) is 0. The third-order valence-electron chi connectivity index (χ3n) is 3.47. The Morgan fingerprint density at radius 2 is 1.85 bits per heavy atom. The Balaban J connectivity index is 2.09. The van der Waals surface area contributed by atoms with Gasteiger partial charge in [-0.25, -0.2) is 4.79 Å². The standard InChI is InChI=1S/C11H17N3O6/c15-7-4-13(5-8(7)16)11(20)14-2-1-12-10(19)6(14)3-9(17)18/h6-8,15-16H,1-5H2,(H,12,19)(H,17,18). The van der Waals surface area contributed by atoms with Crippen LogP contribution in [0, 0.1) is 0 Å². The zero-order chi connectivity index (χ0) is 14.9. The van der Waals surface area contributed by atoms with Gasteiger partial charge in [-0.3, -0.25) is 9.59 Å². The van der Waals surface area contributed by atoms with Gasteiger partial charge in [-0.1, -0.05) is 0 Å². The topological polar surface area (TPSA) is 130 Å². The van der Waals surface area contributed by atoms with Gasteiger partial charge in [0.2, 0.25) is 5.91 Å². The number of aliphatic carboxylic acids is 1. The van der Waals surface area contributed by atoms with Crippen LogP contribution in [0.2, 0.25) is 0 Å². The molecular weight excluding hydrogens is 270 g/mol. The summed E-state index contributed by atoms with van der Waals surface area (Å²) in [4.78, 5) is 37.2. The average molecular weight is 287 g/mol. The summed E-state index contributed by atoms with van der Waals surface area (Å²) < 4.78 is 0. The van der Waals surface area contributed by atoms with E-state index in [9.17, 15) is 24.6 Å². The van der Waals surface area contributed by atoms with Crippen LogP contribution in [-0.4, -0.2) is 87.5 Å². The average Bonchev–Trinajstić information content (AvgIpc) is 2.71. The van der Waals surface area contributed by atoms with E-state index in [1.807, 2.05) is 0 Å². The number of β-amino-alcohol motifs (C(OH)–C–C–N with tert-alkyl or cyclic N) is 2. The first-order valence-corrected chi connectivity index (χ1v) is 6.31. The van der Waals surface area contributed by atoms with Crippen molar-refractivity contribution in [2.24, 2.45) is 0 Å². The van der Waals surface area contributed by atoms with Gasteiger partial charge >= 0.3 is 12.0 Å². The fourth-order valence-electron chi connectivity index (χ4n) is 2.42. The first-order chi connectivity index (χ1) is 9.40. The van der Waals surface area contributed by atoms with Gasteiger partial charge in [-0.15, -0.1) is 0 Å². The molecule has 2 aliphatic heterocycles. The number of nitrogens with zero attached hydrogens (tertiary/aromatic N) is 2. The number of rotatable bonds is 2. The summed E-state index contributed by atoms with van der Waals surface area (Å²) in [5, 5.41) is 30.2. The van der Waals surface area contributed by atoms with E-state index in [-0.39, 0.29) is 26.2 Å². The second-order valence-electron chi connectivity index (χ2n) is 4.92. The molecule has 20 heavy (non-hydrogen) atoms. The number of nitrogens with one attached hydrogen (secondary N) is 1. The predicted molar refractivity (Wildman–Crippen MR) is 64.7 cm³/mol. The molecule has 0 aromatic heterocycles. The first kappa shape index (κ1) is 14.5. The van der Waals surface area contributed by atoms with Crippen molar-refractivity contribution < 1.29 is 29.7 Å². The van der Waals surface area contributed by atoms with Gasteiger partial charge in [0.05, 0.1) is 31.7 Å². The molecule has 0 saturated carbocycles. The number of amides is 3. The number of hydrogen-bond donors (Lipinski definition) is 4. The molecule has 0 aliphatic carbocycles. The van der Waals surface area contributed by atoms with E-state index in [1.165, 1.54) is 9.80 Å². The molecule has 2 rings (SSSR count). The van der Waals surface area contributed by atoms with Gasteiger partial charge in [0, 0.05) is 13.1 Å². The summed E-state index contributed by atoms with van der Waals surface area (Å²) >= 11 is 0. The minimum Gasteiger partial charge on any atom is -0.481 e. The molecule has 3 amide bonds. The molecule has 9 nitrogen and oxygen atoms in total. The van der Waals surface area contributed by atoms with Crippen LogP contribution in [-0.2, 0) is 9.59 Å². The maximum absolute atomic E-state index is 12.3. The van der Waals surface area contributed by atoms with Gasteiger partial charge in [-0.05, 0) is 0 Å². The summed E-state index contributed by atoms with van der Waals surface area (Å²) in [6, 6.07) is -1.61. The number of aliphatic hydroxyl groups excluding tert-OH is 2. The van der Waals surface area contributed by atoms with Crippen molar-refractivity contribution in [1.82, 2.24) is 15.1 Å². The van der Waals surface area contributed by atoms with Crippen molar-refractivity contribution in [1.29, 1.82) is 0 Å². The van der Waals surface area contributed by atoms with Crippen LogP contribution in [0.25, 0.3) is 0 Å². The second kappa shape index (κ2) is 5.63. The Kier molecular flexibility index (Phi) is 4.09. The van der Waals surface area contributed by atoms with Gasteiger partial charge in [-0.2, -0.15) is 0 Å². The molecule has 9 heteroatoms. The van der Waals surface area contributed by atoms with Crippen LogP contribution < -0.4 is 5.32 Å². The lowest BCUT2D eigenvalue weighted by atomic mass is 10.1. The Morgan fingerprint density at radius 1 is 1.25 bits per heavy atom. The highest BCUT2D eigenvalue weighted by Crippen LogP contribution is 2.17. The van der Waals surface area contributed by atoms with Gasteiger partial charge in [0.1, 0.15) is 6.04 Å². The summed E-state index contributed by atoms with van der Waals surface area (Å²) in [5.74, 6) is -1.68. The van der Waals surface area contributed by atoms with Crippen LogP contribution >= 0.6 is 0 Å². The minimum atomic E-state index is -1.17. The SMILES string of the molecule is O=C(O)CC1C(=O)NCCN1C(=O)N1CC(O)C(O)C1. The molecular formula is C11H17N3O6. The smallest absolute Gasteiger partial charge is 0.320 e. The maximum atomic E-state index is 12.3. The molecule has 0 spiro atoms. The van der Waals surface area contributed by atoms with Gasteiger partial charge < -0.3 is 30.4 Å². The number of aliphatic hydroxyl groups is 2. The Labute approximate surface area is 114 Å². The Bertz CT molecular complexity index is 418. The van der Waals surface area contributed by atoms with Gasteiger partial charge in [0.25, 0.3) is 0 Å². The van der Waals surface area contributed by atoms with Crippen molar-refractivity contribution in [3.8, 4) is 0 Å². The number of carbonyl (C=O) groups excluding carboxylic acids is 2. The molecule has 2 aliphatic rings. The highest BCUT2D eigenvalue weighted by atomic mass is 16.4. The lowest BCUT2D eigenvalue weighted by Crippen LogP contribution is -2.60. The molecule has 0 aromatic carbocycles. The molecule has 0 radical (unpaired) electrons. The number of carbonyl (C=O) groups is 3. The third-order valence-corrected chi connectivity index (χ3v) is 3.47. The van der Waals surface area contributed by atoms with E-state index < -0.39 is 42.6 Å². The predicted octanol–water partition coefficient (Wildman–Crippen LogP) is -2.58. The zero-order valence-electron chi connectivity index (χ0n) is 10.7. The van der Waals surface area contributed by atoms with Gasteiger partial charge in [0.15, 0.2) is 0 Å². The Hall–Kier alpha value is -1.87. The van der Waals surface area contributed by atoms with E-state index in [2.05, 4.69) is 5.32 Å². The van der Waals surface area contributed by atoms with Crippen LogP contribution in [0.15, 0.2) is 0 Å². The van der Waals surface area contributed by atoms with E-state index in [0.29, 0.717) is 0 Å². The monoisotopic (exact) mass is 287 g/mol. The molecule has 0 aromatic rings. The highest BCUT2D eigenvalue weighted by molar-refractivity contribution is 5.91. The fourth-order valence-corrected chi connectivity index (χ4v) is 2.42. The Morgan fingerprint density at radius 3 is 2.40 bits per heavy atom. The molecule has 4 N–H and O–H groups in total. The number of hydrogen-bond acceptors (Lipinski definition) is 5. The third kappa shape index (κ3) is 2.83. The number of likely N-dealkylation sites (tertiary alicyclic amines) is 1. The van der Waals surface area contributed by atoms with Crippen LogP contribution in [0.3, 0.4) is 0 Å². The number of urea groups is 1. The van der Waals surface area contributed by atoms with Crippen LogP contribution in [0.4, 0.5) is 4.79 Å². The lowest BCUT2D eigenvalue weighted by molar-refractivity contribution is -0.142. The molecule has 2 heterocycles. The highest BCUT2D eigenvalue weighted by Gasteiger charge is 2.40. The quantitative estimate of drug-likeness (QED) is 0.441. The van der Waals surface area contributed by atoms with E-state index in [0.717, 1.165) is 0 Å². The largest absolute Gasteiger partial charge is 0.481 e. The van der Waals surface area contributed by atoms with Crippen LogP contribution in [0.1, 0.15) is 6.42 Å². The normalized spacial score (nSPS) is 30.3. The summed E-state index contributed by atoms with van der Waals surface area (Å²) in [5.41, 5.74) is 0. The van der Waals surface area contributed by atoms with E-state index >= 15 is 0 Å². The maximum Gasteiger partial charge on any atom is 0.320 e. The van der Waals surface area contributed by atoms with Crippen molar-refractivity contribution in [3.05, 3.63) is 0 Å². The molecule has 112 valence electrons. The summed E-state index contributed by atoms with van der Waals surface area (Å²) in [6.45, 7) is 0.390.